The molecule has 1 aliphatic rings. The standard InChI is InChI=1S/C16H20N4O2S2/c1-17-16(20-13-7-8-24(21,22)11-13)18-9-14-10-23-15(19-14)12-5-3-2-4-6-12/h2-6,10,13H,7-9,11H2,1H3,(H2,17,18,20). The minimum absolute atomic E-state index is 0.0727. The minimum atomic E-state index is -2.90. The van der Waals surface area contributed by atoms with Crippen LogP contribution in [0.25, 0.3) is 10.6 Å². The van der Waals surface area contributed by atoms with Gasteiger partial charge in [-0.1, -0.05) is 30.3 Å². The second-order valence-corrected chi connectivity index (χ2v) is 8.77. The molecule has 8 heteroatoms. The SMILES string of the molecule is CN=C(NCc1csc(-c2ccccc2)n1)NC1CCS(=O)(=O)C1. The molecule has 1 saturated heterocycles. The summed E-state index contributed by atoms with van der Waals surface area (Å²) in [5.41, 5.74) is 2.04. The van der Waals surface area contributed by atoms with Gasteiger partial charge in [0.15, 0.2) is 15.8 Å². The van der Waals surface area contributed by atoms with Crippen LogP contribution < -0.4 is 10.6 Å². The van der Waals surface area contributed by atoms with Gasteiger partial charge in [-0.15, -0.1) is 11.3 Å². The quantitative estimate of drug-likeness (QED) is 0.637. The molecule has 2 heterocycles. The highest BCUT2D eigenvalue weighted by molar-refractivity contribution is 7.91. The van der Waals surface area contributed by atoms with Crippen LogP contribution in [0.15, 0.2) is 40.7 Å². The maximum absolute atomic E-state index is 11.5. The molecular formula is C16H20N4O2S2. The molecule has 0 aliphatic carbocycles. The number of hydrogen-bond donors (Lipinski definition) is 2. The van der Waals surface area contributed by atoms with Crippen molar-refractivity contribution >= 4 is 27.1 Å². The summed E-state index contributed by atoms with van der Waals surface area (Å²) in [6.45, 7) is 0.544. The molecule has 1 unspecified atom stereocenters. The zero-order chi connectivity index (χ0) is 17.0. The van der Waals surface area contributed by atoms with Crippen molar-refractivity contribution < 1.29 is 8.42 Å². The first-order valence-electron chi connectivity index (χ1n) is 7.73. The molecule has 1 atom stereocenters. The van der Waals surface area contributed by atoms with Gasteiger partial charge in [-0.25, -0.2) is 13.4 Å². The number of hydrogen-bond acceptors (Lipinski definition) is 5. The summed E-state index contributed by atoms with van der Waals surface area (Å²) in [5.74, 6) is 1.02. The second-order valence-electron chi connectivity index (χ2n) is 5.68. The number of aromatic nitrogens is 1. The van der Waals surface area contributed by atoms with Crippen molar-refractivity contribution in [2.24, 2.45) is 4.99 Å². The van der Waals surface area contributed by atoms with Gasteiger partial charge in [-0.05, 0) is 6.42 Å². The first kappa shape index (κ1) is 16.9. The van der Waals surface area contributed by atoms with Crippen LogP contribution in [0.3, 0.4) is 0 Å². The Kier molecular flexibility index (Phi) is 5.15. The number of thiazole rings is 1. The van der Waals surface area contributed by atoms with Gasteiger partial charge in [0.2, 0.25) is 0 Å². The third-order valence-electron chi connectivity index (χ3n) is 3.81. The molecule has 24 heavy (non-hydrogen) atoms. The van der Waals surface area contributed by atoms with E-state index in [4.69, 9.17) is 0 Å². The monoisotopic (exact) mass is 364 g/mol. The lowest BCUT2D eigenvalue weighted by Gasteiger charge is -2.15. The van der Waals surface area contributed by atoms with E-state index in [-0.39, 0.29) is 17.5 Å². The number of benzene rings is 1. The lowest BCUT2D eigenvalue weighted by molar-refractivity contribution is 0.599. The van der Waals surface area contributed by atoms with Crippen molar-refractivity contribution in [3.8, 4) is 10.6 Å². The van der Waals surface area contributed by atoms with E-state index in [1.165, 1.54) is 0 Å². The fourth-order valence-electron chi connectivity index (χ4n) is 2.57. The molecule has 3 rings (SSSR count). The molecular weight excluding hydrogens is 344 g/mol. The molecule has 128 valence electrons. The minimum Gasteiger partial charge on any atom is -0.353 e. The van der Waals surface area contributed by atoms with Crippen LogP contribution >= 0.6 is 11.3 Å². The zero-order valence-corrected chi connectivity index (χ0v) is 15.0. The Labute approximate surface area is 146 Å². The van der Waals surface area contributed by atoms with E-state index in [0.717, 1.165) is 16.3 Å². The third kappa shape index (κ3) is 4.33. The third-order valence-corrected chi connectivity index (χ3v) is 6.51. The average molecular weight is 364 g/mol. The van der Waals surface area contributed by atoms with Gasteiger partial charge in [0, 0.05) is 24.0 Å². The molecule has 0 spiro atoms. The fourth-order valence-corrected chi connectivity index (χ4v) is 5.07. The van der Waals surface area contributed by atoms with Gasteiger partial charge in [0.1, 0.15) is 5.01 Å². The highest BCUT2D eigenvalue weighted by Crippen LogP contribution is 2.23. The number of nitrogens with one attached hydrogen (secondary N) is 2. The highest BCUT2D eigenvalue weighted by atomic mass is 32.2. The Balaban J connectivity index is 1.56. The van der Waals surface area contributed by atoms with Crippen LogP contribution in [0.1, 0.15) is 12.1 Å². The van der Waals surface area contributed by atoms with Crippen LogP contribution in [-0.2, 0) is 16.4 Å². The summed E-state index contributed by atoms with van der Waals surface area (Å²) < 4.78 is 23.0. The molecule has 0 radical (unpaired) electrons. The Morgan fingerprint density at radius 1 is 1.38 bits per heavy atom. The van der Waals surface area contributed by atoms with Crippen molar-refractivity contribution in [1.82, 2.24) is 15.6 Å². The number of rotatable bonds is 4. The van der Waals surface area contributed by atoms with E-state index in [1.807, 2.05) is 35.7 Å². The van der Waals surface area contributed by atoms with Crippen molar-refractivity contribution in [2.75, 3.05) is 18.6 Å². The van der Waals surface area contributed by atoms with Crippen LogP contribution in [0.2, 0.25) is 0 Å². The lowest BCUT2D eigenvalue weighted by atomic mass is 10.2. The van der Waals surface area contributed by atoms with Gasteiger partial charge in [0.05, 0.1) is 23.7 Å². The predicted molar refractivity (Wildman–Crippen MR) is 97.9 cm³/mol. The summed E-state index contributed by atoms with van der Waals surface area (Å²) >= 11 is 1.60. The van der Waals surface area contributed by atoms with E-state index < -0.39 is 9.84 Å². The first-order chi connectivity index (χ1) is 11.6. The van der Waals surface area contributed by atoms with Gasteiger partial charge >= 0.3 is 0 Å². The smallest absolute Gasteiger partial charge is 0.191 e. The van der Waals surface area contributed by atoms with Gasteiger partial charge in [-0.3, -0.25) is 4.99 Å². The Hall–Kier alpha value is -1.93. The molecule has 1 aliphatic heterocycles. The van der Waals surface area contributed by atoms with Gasteiger partial charge < -0.3 is 10.6 Å². The van der Waals surface area contributed by atoms with Crippen LogP contribution in [0.4, 0.5) is 0 Å². The topological polar surface area (TPSA) is 83.4 Å². The highest BCUT2D eigenvalue weighted by Gasteiger charge is 2.28. The summed E-state index contributed by atoms with van der Waals surface area (Å²) in [6.07, 6.45) is 0.623. The Morgan fingerprint density at radius 2 is 2.17 bits per heavy atom. The molecule has 0 bridgehead atoms. The molecule has 6 nitrogen and oxygen atoms in total. The first-order valence-corrected chi connectivity index (χ1v) is 10.4. The molecule has 1 aromatic carbocycles. The summed E-state index contributed by atoms with van der Waals surface area (Å²) in [7, 11) is -1.22. The molecule has 2 N–H and O–H groups in total. The Morgan fingerprint density at radius 3 is 2.83 bits per heavy atom. The van der Waals surface area contributed by atoms with Crippen molar-refractivity contribution in [3.63, 3.8) is 0 Å². The van der Waals surface area contributed by atoms with E-state index >= 15 is 0 Å². The zero-order valence-electron chi connectivity index (χ0n) is 13.4. The summed E-state index contributed by atoms with van der Waals surface area (Å²) in [5, 5.41) is 9.36. The van der Waals surface area contributed by atoms with Crippen LogP contribution in [0.5, 0.6) is 0 Å². The number of guanidine groups is 1. The normalized spacial score (nSPS) is 20.0. The summed E-state index contributed by atoms with van der Waals surface area (Å²) in [4.78, 5) is 8.77. The number of nitrogens with zero attached hydrogens (tertiary/aromatic N) is 2. The fraction of sp³-hybridized carbons (Fsp3) is 0.375. The predicted octanol–water partition coefficient (Wildman–Crippen LogP) is 1.66. The van der Waals surface area contributed by atoms with Gasteiger partial charge in [0.25, 0.3) is 0 Å². The van der Waals surface area contributed by atoms with E-state index in [0.29, 0.717) is 18.9 Å². The molecule has 2 aromatic rings. The van der Waals surface area contributed by atoms with Gasteiger partial charge in [-0.2, -0.15) is 0 Å². The van der Waals surface area contributed by atoms with Crippen molar-refractivity contribution in [1.29, 1.82) is 0 Å². The van der Waals surface area contributed by atoms with Crippen molar-refractivity contribution in [3.05, 3.63) is 41.4 Å². The maximum Gasteiger partial charge on any atom is 0.191 e. The van der Waals surface area contributed by atoms with Crippen molar-refractivity contribution in [2.45, 2.75) is 19.0 Å². The maximum atomic E-state index is 11.5. The largest absolute Gasteiger partial charge is 0.353 e. The van der Waals surface area contributed by atoms with Crippen LogP contribution in [0, 0.1) is 0 Å². The second kappa shape index (κ2) is 7.31. The molecule has 0 saturated carbocycles. The molecule has 1 aromatic heterocycles. The Bertz CT molecular complexity index is 816. The number of aliphatic imine (C=N–C) groups is 1. The van der Waals surface area contributed by atoms with E-state index in [9.17, 15) is 8.42 Å². The average Bonchev–Trinajstić information content (AvgIpc) is 3.18. The van der Waals surface area contributed by atoms with Crippen LogP contribution in [-0.4, -0.2) is 44.0 Å². The summed E-state index contributed by atoms with van der Waals surface area (Å²) in [6, 6.07) is 9.98. The lowest BCUT2D eigenvalue weighted by Crippen LogP contribution is -2.43. The molecule has 0 amide bonds. The number of sulfone groups is 1. The van der Waals surface area contributed by atoms with E-state index in [1.54, 1.807) is 18.4 Å². The molecule has 1 fully saturated rings. The van der Waals surface area contributed by atoms with E-state index in [2.05, 4.69) is 20.6 Å².